The second kappa shape index (κ2) is 4.40. The van der Waals surface area contributed by atoms with Gasteiger partial charge in [-0.3, -0.25) is 0 Å². The van der Waals surface area contributed by atoms with E-state index in [1.165, 1.54) is 37.7 Å². The lowest BCUT2D eigenvalue weighted by Crippen LogP contribution is -2.35. The molecule has 1 N–H and O–H groups in total. The maximum Gasteiger partial charge on any atom is 0.0950 e. The molecule has 0 radical (unpaired) electrons. The molecular weight excluding hydrogens is 186 g/mol. The van der Waals surface area contributed by atoms with E-state index in [1.807, 2.05) is 6.26 Å². The van der Waals surface area contributed by atoms with Gasteiger partial charge in [0.25, 0.3) is 0 Å². The van der Waals surface area contributed by atoms with Crippen molar-refractivity contribution in [3.05, 3.63) is 24.2 Å². The first-order valence-corrected chi connectivity index (χ1v) is 5.96. The molecule has 1 saturated carbocycles. The fourth-order valence-electron chi connectivity index (χ4n) is 3.00. The summed E-state index contributed by atoms with van der Waals surface area (Å²) < 4.78 is 5.19. The van der Waals surface area contributed by atoms with Crippen LogP contribution in [0, 0.1) is 5.41 Å². The third-order valence-corrected chi connectivity index (χ3v) is 3.86. The highest BCUT2D eigenvalue weighted by Gasteiger charge is 2.35. The van der Waals surface area contributed by atoms with Crippen molar-refractivity contribution in [3.8, 4) is 0 Å². The van der Waals surface area contributed by atoms with E-state index in [2.05, 4.69) is 25.4 Å². The van der Waals surface area contributed by atoms with Crippen LogP contribution in [0.15, 0.2) is 23.0 Å². The maximum absolute atomic E-state index is 5.19. The Morgan fingerprint density at radius 2 is 2.07 bits per heavy atom. The predicted octanol–water partition coefficient (Wildman–Crippen LogP) is 3.51. The van der Waals surface area contributed by atoms with Crippen molar-refractivity contribution in [3.63, 3.8) is 0 Å². The number of hydrogen-bond donors (Lipinski definition) is 1. The monoisotopic (exact) mass is 207 g/mol. The van der Waals surface area contributed by atoms with Crippen LogP contribution in [0.1, 0.15) is 50.6 Å². The average Bonchev–Trinajstić information content (AvgIpc) is 2.73. The summed E-state index contributed by atoms with van der Waals surface area (Å²) in [5.74, 6) is 0. The zero-order valence-electron chi connectivity index (χ0n) is 9.75. The average molecular weight is 207 g/mol. The smallest absolute Gasteiger partial charge is 0.0950 e. The van der Waals surface area contributed by atoms with E-state index in [0.29, 0.717) is 11.5 Å². The summed E-state index contributed by atoms with van der Waals surface area (Å²) in [7, 11) is 2.05. The molecule has 1 aliphatic carbocycles. The molecule has 1 fully saturated rings. The Hall–Kier alpha value is -0.760. The number of furan rings is 1. The van der Waals surface area contributed by atoms with Crippen LogP contribution in [0.4, 0.5) is 0 Å². The number of nitrogens with one attached hydrogen (secondary N) is 1. The molecular formula is C13H21NO. The van der Waals surface area contributed by atoms with Crippen molar-refractivity contribution in [1.82, 2.24) is 5.32 Å². The first-order chi connectivity index (χ1) is 7.26. The van der Waals surface area contributed by atoms with Crippen LogP contribution in [0.5, 0.6) is 0 Å². The number of hydrogen-bond acceptors (Lipinski definition) is 2. The zero-order valence-corrected chi connectivity index (χ0v) is 9.75. The van der Waals surface area contributed by atoms with Gasteiger partial charge < -0.3 is 9.73 Å². The van der Waals surface area contributed by atoms with Crippen LogP contribution in [0.2, 0.25) is 0 Å². The fraction of sp³-hybridized carbons (Fsp3) is 0.692. The van der Waals surface area contributed by atoms with Gasteiger partial charge in [0.1, 0.15) is 0 Å². The molecule has 0 spiro atoms. The van der Waals surface area contributed by atoms with Gasteiger partial charge in [0.15, 0.2) is 0 Å². The molecule has 0 bridgehead atoms. The van der Waals surface area contributed by atoms with Gasteiger partial charge in [0.05, 0.1) is 12.5 Å². The van der Waals surface area contributed by atoms with Gasteiger partial charge in [-0.15, -0.1) is 0 Å². The van der Waals surface area contributed by atoms with Gasteiger partial charge in [-0.2, -0.15) is 0 Å². The van der Waals surface area contributed by atoms with E-state index in [4.69, 9.17) is 4.42 Å². The maximum atomic E-state index is 5.19. The van der Waals surface area contributed by atoms with Crippen molar-refractivity contribution >= 4 is 0 Å². The highest BCUT2D eigenvalue weighted by molar-refractivity contribution is 5.15. The van der Waals surface area contributed by atoms with Crippen molar-refractivity contribution in [1.29, 1.82) is 0 Å². The minimum atomic E-state index is 0.400. The van der Waals surface area contributed by atoms with Crippen LogP contribution in [0.3, 0.4) is 0 Å². The van der Waals surface area contributed by atoms with Crippen molar-refractivity contribution in [2.24, 2.45) is 5.41 Å². The first kappa shape index (κ1) is 10.7. The molecule has 15 heavy (non-hydrogen) atoms. The minimum absolute atomic E-state index is 0.400. The molecule has 0 aromatic carbocycles. The summed E-state index contributed by atoms with van der Waals surface area (Å²) in [5.41, 5.74) is 1.69. The molecule has 1 heterocycles. The predicted molar refractivity (Wildman–Crippen MR) is 61.7 cm³/mol. The molecule has 0 amide bonds. The first-order valence-electron chi connectivity index (χ1n) is 5.96. The van der Waals surface area contributed by atoms with E-state index in [1.54, 1.807) is 6.26 Å². The molecule has 1 aliphatic rings. The lowest BCUT2D eigenvalue weighted by Gasteiger charge is -2.40. The van der Waals surface area contributed by atoms with Crippen LogP contribution in [0.25, 0.3) is 0 Å². The molecule has 2 heteroatoms. The highest BCUT2D eigenvalue weighted by Crippen LogP contribution is 2.45. The molecule has 84 valence electrons. The minimum Gasteiger partial charge on any atom is -0.472 e. The second-order valence-electron chi connectivity index (χ2n) is 4.99. The Labute approximate surface area is 92.1 Å². The lowest BCUT2D eigenvalue weighted by molar-refractivity contribution is 0.150. The summed E-state index contributed by atoms with van der Waals surface area (Å²) >= 11 is 0. The van der Waals surface area contributed by atoms with Crippen molar-refractivity contribution in [2.45, 2.75) is 45.1 Å². The topological polar surface area (TPSA) is 25.2 Å². The van der Waals surface area contributed by atoms with Crippen molar-refractivity contribution < 1.29 is 4.42 Å². The Bertz CT molecular complexity index is 285. The summed E-state index contributed by atoms with van der Waals surface area (Å²) in [4.78, 5) is 0. The van der Waals surface area contributed by atoms with Gasteiger partial charge in [-0.05, 0) is 31.4 Å². The Morgan fingerprint density at radius 1 is 1.33 bits per heavy atom. The van der Waals surface area contributed by atoms with Gasteiger partial charge in [0.2, 0.25) is 0 Å². The van der Waals surface area contributed by atoms with Crippen molar-refractivity contribution in [2.75, 3.05) is 7.05 Å². The van der Waals surface area contributed by atoms with E-state index in [9.17, 15) is 0 Å². The largest absolute Gasteiger partial charge is 0.472 e. The summed E-state index contributed by atoms with van der Waals surface area (Å²) in [5, 5.41) is 3.45. The third-order valence-electron chi connectivity index (χ3n) is 3.86. The zero-order chi connectivity index (χ0) is 10.7. The summed E-state index contributed by atoms with van der Waals surface area (Å²) in [6.45, 7) is 2.40. The molecule has 0 saturated heterocycles. The molecule has 1 aromatic rings. The standard InChI is InChI=1S/C13H21NO/c1-13(7-4-3-5-8-13)12(14-2)11-6-9-15-10-11/h6,9-10,12,14H,3-5,7-8H2,1-2H3. The number of rotatable bonds is 3. The fourth-order valence-corrected chi connectivity index (χ4v) is 3.00. The Kier molecular flexibility index (Phi) is 3.15. The molecule has 2 rings (SSSR count). The molecule has 1 aromatic heterocycles. The van der Waals surface area contributed by atoms with E-state index in [0.717, 1.165) is 0 Å². The van der Waals surface area contributed by atoms with Gasteiger partial charge in [0, 0.05) is 11.6 Å². The van der Waals surface area contributed by atoms with Crippen LogP contribution >= 0.6 is 0 Å². The molecule has 1 atom stereocenters. The SMILES string of the molecule is CNC(c1ccoc1)C1(C)CCCCC1. The van der Waals surface area contributed by atoms with Crippen LogP contribution < -0.4 is 5.32 Å². The van der Waals surface area contributed by atoms with E-state index in [-0.39, 0.29) is 0 Å². The summed E-state index contributed by atoms with van der Waals surface area (Å²) in [6.07, 6.45) is 10.4. The second-order valence-corrected chi connectivity index (χ2v) is 4.99. The quantitative estimate of drug-likeness (QED) is 0.820. The Morgan fingerprint density at radius 3 is 2.60 bits per heavy atom. The lowest BCUT2D eigenvalue weighted by atomic mass is 9.69. The highest BCUT2D eigenvalue weighted by atomic mass is 16.3. The van der Waals surface area contributed by atoms with E-state index < -0.39 is 0 Å². The van der Waals surface area contributed by atoms with Crippen LogP contribution in [-0.4, -0.2) is 7.05 Å². The van der Waals surface area contributed by atoms with Gasteiger partial charge in [-0.1, -0.05) is 26.2 Å². The Balaban J connectivity index is 2.18. The molecule has 0 aliphatic heterocycles. The van der Waals surface area contributed by atoms with Gasteiger partial charge >= 0.3 is 0 Å². The molecule has 2 nitrogen and oxygen atoms in total. The third kappa shape index (κ3) is 2.10. The van der Waals surface area contributed by atoms with Gasteiger partial charge in [-0.25, -0.2) is 0 Å². The normalized spacial score (nSPS) is 22.5. The molecule has 1 unspecified atom stereocenters. The van der Waals surface area contributed by atoms with Crippen LogP contribution in [-0.2, 0) is 0 Å². The summed E-state index contributed by atoms with van der Waals surface area (Å²) in [6, 6.07) is 2.53. The van der Waals surface area contributed by atoms with E-state index >= 15 is 0 Å².